The van der Waals surface area contributed by atoms with Gasteiger partial charge in [0, 0.05) is 18.7 Å². The minimum Gasteiger partial charge on any atom is -0.497 e. The van der Waals surface area contributed by atoms with Gasteiger partial charge in [0.2, 0.25) is 0 Å². The Morgan fingerprint density at radius 2 is 1.77 bits per heavy atom. The van der Waals surface area contributed by atoms with Crippen molar-refractivity contribution in [3.05, 3.63) is 78.1 Å². The first-order valence-electron chi connectivity index (χ1n) is 9.73. The largest absolute Gasteiger partial charge is 0.497 e. The van der Waals surface area contributed by atoms with Crippen LogP contribution in [-0.2, 0) is 13.5 Å². The summed E-state index contributed by atoms with van der Waals surface area (Å²) >= 11 is 0. The van der Waals surface area contributed by atoms with Crippen LogP contribution in [0, 0.1) is 0 Å². The van der Waals surface area contributed by atoms with Gasteiger partial charge < -0.3 is 10.1 Å². The van der Waals surface area contributed by atoms with E-state index in [2.05, 4.69) is 15.5 Å². The minimum atomic E-state index is -0.287. The van der Waals surface area contributed by atoms with Gasteiger partial charge in [-0.3, -0.25) is 9.48 Å². The van der Waals surface area contributed by atoms with Gasteiger partial charge in [0.15, 0.2) is 5.69 Å². The van der Waals surface area contributed by atoms with Crippen molar-refractivity contribution in [1.29, 1.82) is 0 Å². The highest BCUT2D eigenvalue weighted by Crippen LogP contribution is 2.26. The summed E-state index contributed by atoms with van der Waals surface area (Å²) in [5, 5.41) is 11.9. The zero-order valence-electron chi connectivity index (χ0n) is 17.2. The Morgan fingerprint density at radius 3 is 2.40 bits per heavy atom. The Balaban J connectivity index is 1.72. The molecule has 1 N–H and O–H groups in total. The first kappa shape index (κ1) is 19.4. The summed E-state index contributed by atoms with van der Waals surface area (Å²) in [6.45, 7) is 2.02. The Hall–Kier alpha value is -3.87. The van der Waals surface area contributed by atoms with Crippen molar-refractivity contribution in [2.75, 3.05) is 12.4 Å². The number of aromatic nitrogens is 4. The lowest BCUT2D eigenvalue weighted by atomic mass is 10.1. The number of carbonyl (C=O) groups is 1. The normalized spacial score (nSPS) is 10.8. The second-order valence-corrected chi connectivity index (χ2v) is 6.84. The molecule has 0 aliphatic rings. The molecule has 1 amide bonds. The standard InChI is InChI=1S/C23H23N5O2/c1-4-17-14-22(27(2)25-17)24-23(29)20-15-21(16-10-12-19(30-3)13-11-16)28(26-20)18-8-6-5-7-9-18/h5-15H,4H2,1-3H3,(H,24,29). The molecule has 4 aromatic rings. The summed E-state index contributed by atoms with van der Waals surface area (Å²) in [4.78, 5) is 12.9. The fourth-order valence-electron chi connectivity index (χ4n) is 3.22. The first-order valence-corrected chi connectivity index (χ1v) is 9.73. The molecule has 30 heavy (non-hydrogen) atoms. The van der Waals surface area contributed by atoms with Crippen LogP contribution in [0.25, 0.3) is 16.9 Å². The molecule has 7 heteroatoms. The molecule has 2 heterocycles. The number of rotatable bonds is 6. The van der Waals surface area contributed by atoms with Crippen LogP contribution in [0.2, 0.25) is 0 Å². The van der Waals surface area contributed by atoms with Crippen LogP contribution in [0.1, 0.15) is 23.1 Å². The fourth-order valence-corrected chi connectivity index (χ4v) is 3.22. The van der Waals surface area contributed by atoms with E-state index in [1.54, 1.807) is 29.6 Å². The van der Waals surface area contributed by atoms with Crippen LogP contribution < -0.4 is 10.1 Å². The third-order valence-electron chi connectivity index (χ3n) is 4.86. The van der Waals surface area contributed by atoms with Gasteiger partial charge in [-0.05, 0) is 48.9 Å². The molecule has 152 valence electrons. The number of carbonyl (C=O) groups excluding carboxylic acids is 1. The number of methoxy groups -OCH3 is 1. The molecule has 0 fully saturated rings. The predicted octanol–water partition coefficient (Wildman–Crippen LogP) is 4.10. The van der Waals surface area contributed by atoms with E-state index in [0.29, 0.717) is 11.5 Å². The van der Waals surface area contributed by atoms with Crippen molar-refractivity contribution in [3.8, 4) is 22.7 Å². The number of nitrogens with one attached hydrogen (secondary N) is 1. The second kappa shape index (κ2) is 8.24. The molecular weight excluding hydrogens is 378 g/mol. The van der Waals surface area contributed by atoms with Crippen LogP contribution >= 0.6 is 0 Å². The smallest absolute Gasteiger partial charge is 0.277 e. The Kier molecular flexibility index (Phi) is 5.34. The van der Waals surface area contributed by atoms with E-state index >= 15 is 0 Å². The Labute approximate surface area is 174 Å². The lowest BCUT2D eigenvalue weighted by Gasteiger charge is -2.08. The molecular formula is C23H23N5O2. The SMILES string of the molecule is CCc1cc(NC(=O)c2cc(-c3ccc(OC)cc3)n(-c3ccccc3)n2)n(C)n1. The fraction of sp³-hybridized carbons (Fsp3) is 0.174. The number of hydrogen-bond donors (Lipinski definition) is 1. The maximum Gasteiger partial charge on any atom is 0.277 e. The van der Waals surface area contributed by atoms with Crippen molar-refractivity contribution in [2.45, 2.75) is 13.3 Å². The predicted molar refractivity (Wildman–Crippen MR) is 116 cm³/mol. The van der Waals surface area contributed by atoms with Crippen LogP contribution in [0.3, 0.4) is 0 Å². The van der Waals surface area contributed by atoms with Crippen LogP contribution in [0.4, 0.5) is 5.82 Å². The maximum absolute atomic E-state index is 12.9. The maximum atomic E-state index is 12.9. The minimum absolute atomic E-state index is 0.287. The zero-order valence-corrected chi connectivity index (χ0v) is 17.2. The monoisotopic (exact) mass is 401 g/mol. The lowest BCUT2D eigenvalue weighted by Crippen LogP contribution is -2.15. The molecule has 0 unspecified atom stereocenters. The summed E-state index contributed by atoms with van der Waals surface area (Å²) < 4.78 is 8.69. The van der Waals surface area contributed by atoms with Gasteiger partial charge >= 0.3 is 0 Å². The Bertz CT molecular complexity index is 1160. The topological polar surface area (TPSA) is 74.0 Å². The zero-order chi connectivity index (χ0) is 21.1. The van der Waals surface area contributed by atoms with Crippen LogP contribution in [0.15, 0.2) is 66.7 Å². The second-order valence-electron chi connectivity index (χ2n) is 6.84. The number of anilines is 1. The molecule has 0 saturated heterocycles. The molecule has 0 atom stereocenters. The van der Waals surface area contributed by atoms with Crippen LogP contribution in [0.5, 0.6) is 5.75 Å². The van der Waals surface area contributed by atoms with Crippen molar-refractivity contribution in [3.63, 3.8) is 0 Å². The highest BCUT2D eigenvalue weighted by molar-refractivity contribution is 6.03. The molecule has 0 aliphatic heterocycles. The number of benzene rings is 2. The number of para-hydroxylation sites is 1. The molecule has 0 spiro atoms. The molecule has 0 saturated carbocycles. The quantitative estimate of drug-likeness (QED) is 0.528. The van der Waals surface area contributed by atoms with Gasteiger partial charge in [0.1, 0.15) is 11.6 Å². The van der Waals surface area contributed by atoms with Gasteiger partial charge in [-0.15, -0.1) is 0 Å². The summed E-state index contributed by atoms with van der Waals surface area (Å²) in [6, 6.07) is 21.1. The lowest BCUT2D eigenvalue weighted by molar-refractivity contribution is 0.102. The third kappa shape index (κ3) is 3.82. The van der Waals surface area contributed by atoms with Gasteiger partial charge in [-0.25, -0.2) is 4.68 Å². The van der Waals surface area contributed by atoms with E-state index < -0.39 is 0 Å². The molecule has 0 bridgehead atoms. The van der Waals surface area contributed by atoms with Gasteiger partial charge in [0.05, 0.1) is 24.2 Å². The van der Waals surface area contributed by atoms with Gasteiger partial charge in [0.25, 0.3) is 5.91 Å². The van der Waals surface area contributed by atoms with Crippen molar-refractivity contribution in [2.24, 2.45) is 7.05 Å². The molecule has 2 aromatic heterocycles. The molecule has 0 aliphatic carbocycles. The molecule has 7 nitrogen and oxygen atoms in total. The number of hydrogen-bond acceptors (Lipinski definition) is 4. The average molecular weight is 401 g/mol. The van der Waals surface area contributed by atoms with E-state index in [4.69, 9.17) is 4.74 Å². The highest BCUT2D eigenvalue weighted by atomic mass is 16.5. The first-order chi connectivity index (χ1) is 14.6. The van der Waals surface area contributed by atoms with Crippen molar-refractivity contribution < 1.29 is 9.53 Å². The highest BCUT2D eigenvalue weighted by Gasteiger charge is 2.18. The van der Waals surface area contributed by atoms with Crippen molar-refractivity contribution in [1.82, 2.24) is 19.6 Å². The summed E-state index contributed by atoms with van der Waals surface area (Å²) in [5.74, 6) is 1.12. The van der Waals surface area contributed by atoms with Crippen molar-refractivity contribution >= 4 is 11.7 Å². The Morgan fingerprint density at radius 1 is 1.03 bits per heavy atom. The van der Waals surface area contributed by atoms with E-state index in [9.17, 15) is 4.79 Å². The average Bonchev–Trinajstić information content (AvgIpc) is 3.38. The number of aryl methyl sites for hydroxylation is 2. The molecule has 4 rings (SSSR count). The summed E-state index contributed by atoms with van der Waals surface area (Å²) in [5.41, 5.74) is 3.86. The molecule has 0 radical (unpaired) electrons. The van der Waals surface area contributed by atoms with Gasteiger partial charge in [-0.2, -0.15) is 10.2 Å². The number of amides is 1. The van der Waals surface area contributed by atoms with Gasteiger partial charge in [-0.1, -0.05) is 25.1 Å². The van der Waals surface area contributed by atoms with E-state index in [-0.39, 0.29) is 5.91 Å². The van der Waals surface area contributed by atoms with Crippen LogP contribution in [-0.4, -0.2) is 32.6 Å². The van der Waals surface area contributed by atoms with E-state index in [1.165, 1.54) is 0 Å². The summed E-state index contributed by atoms with van der Waals surface area (Å²) in [7, 11) is 3.44. The number of nitrogens with zero attached hydrogens (tertiary/aromatic N) is 4. The number of ether oxygens (including phenoxy) is 1. The van der Waals surface area contributed by atoms with E-state index in [1.807, 2.05) is 67.6 Å². The molecule has 2 aromatic carbocycles. The van der Waals surface area contributed by atoms with E-state index in [0.717, 1.165) is 34.8 Å². The third-order valence-corrected chi connectivity index (χ3v) is 4.86. The summed E-state index contributed by atoms with van der Waals surface area (Å²) in [6.07, 6.45) is 0.800.